The number of anilines is 1. The van der Waals surface area contributed by atoms with Crippen molar-refractivity contribution in [3.8, 4) is 6.07 Å². The summed E-state index contributed by atoms with van der Waals surface area (Å²) in [5.41, 5.74) is -1.13. The summed E-state index contributed by atoms with van der Waals surface area (Å²) in [6.45, 7) is 2.94. The highest BCUT2D eigenvalue weighted by Gasteiger charge is 2.27. The predicted octanol–water partition coefficient (Wildman–Crippen LogP) is 3.08. The van der Waals surface area contributed by atoms with Gasteiger partial charge in [0, 0.05) is 4.47 Å². The molecule has 0 spiro atoms. The molecule has 1 rings (SSSR count). The van der Waals surface area contributed by atoms with Crippen LogP contribution >= 0.6 is 15.9 Å². The summed E-state index contributed by atoms with van der Waals surface area (Å²) < 4.78 is 14.0. The summed E-state index contributed by atoms with van der Waals surface area (Å²) in [4.78, 5) is 11.6. The third-order valence-electron chi connectivity index (χ3n) is 2.02. The molecule has 0 aliphatic heterocycles. The van der Waals surface area contributed by atoms with E-state index in [0.717, 1.165) is 0 Å². The maximum absolute atomic E-state index is 13.3. The van der Waals surface area contributed by atoms with Crippen LogP contribution in [0, 0.1) is 22.6 Å². The quantitative estimate of drug-likeness (QED) is 0.907. The highest BCUT2D eigenvalue weighted by molar-refractivity contribution is 9.10. The van der Waals surface area contributed by atoms with Gasteiger partial charge in [-0.2, -0.15) is 5.26 Å². The summed E-state index contributed by atoms with van der Waals surface area (Å²) in [6.07, 6.45) is 0. The summed E-state index contributed by atoms with van der Waals surface area (Å²) in [5.74, 6) is -1.07. The number of nitrogens with zero attached hydrogens (tertiary/aromatic N) is 1. The van der Waals surface area contributed by atoms with Crippen molar-refractivity contribution < 1.29 is 9.18 Å². The molecule has 0 bridgehead atoms. The second-order valence-corrected chi connectivity index (χ2v) is 4.73. The van der Waals surface area contributed by atoms with Crippen LogP contribution in [0.15, 0.2) is 22.7 Å². The number of hydrogen-bond acceptors (Lipinski definition) is 2. The Labute approximate surface area is 101 Å². The van der Waals surface area contributed by atoms with Crippen LogP contribution in [0.1, 0.15) is 13.8 Å². The lowest BCUT2D eigenvalue weighted by Crippen LogP contribution is -2.29. The van der Waals surface area contributed by atoms with Crippen LogP contribution in [0.3, 0.4) is 0 Å². The Morgan fingerprint density at radius 3 is 2.75 bits per heavy atom. The standard InChI is InChI=1S/C11H10BrFN2O/c1-11(2,6-14)10(16)15-9-5-7(12)3-4-8(9)13/h3-5H,1-2H3,(H,15,16). The van der Waals surface area contributed by atoms with Crippen molar-refractivity contribution in [2.24, 2.45) is 5.41 Å². The fourth-order valence-electron chi connectivity index (χ4n) is 0.923. The lowest BCUT2D eigenvalue weighted by Gasteiger charge is -2.15. The lowest BCUT2D eigenvalue weighted by atomic mass is 9.94. The van der Waals surface area contributed by atoms with Crippen molar-refractivity contribution in [1.29, 1.82) is 5.26 Å². The molecule has 0 atom stereocenters. The zero-order valence-corrected chi connectivity index (χ0v) is 10.4. The van der Waals surface area contributed by atoms with Gasteiger partial charge in [-0.1, -0.05) is 15.9 Å². The SMILES string of the molecule is CC(C)(C#N)C(=O)Nc1cc(Br)ccc1F. The van der Waals surface area contributed by atoms with Crippen LogP contribution in [-0.4, -0.2) is 5.91 Å². The van der Waals surface area contributed by atoms with Gasteiger partial charge in [0.15, 0.2) is 0 Å². The van der Waals surface area contributed by atoms with E-state index in [9.17, 15) is 9.18 Å². The zero-order chi connectivity index (χ0) is 12.3. The van der Waals surface area contributed by atoms with Gasteiger partial charge < -0.3 is 5.32 Å². The van der Waals surface area contributed by atoms with Gasteiger partial charge in [0.1, 0.15) is 11.2 Å². The fourth-order valence-corrected chi connectivity index (χ4v) is 1.28. The summed E-state index contributed by atoms with van der Waals surface area (Å²) >= 11 is 3.17. The van der Waals surface area contributed by atoms with Crippen molar-refractivity contribution in [2.45, 2.75) is 13.8 Å². The molecule has 0 aliphatic rings. The van der Waals surface area contributed by atoms with Crippen molar-refractivity contribution in [3.63, 3.8) is 0 Å². The first kappa shape index (κ1) is 12.7. The second kappa shape index (κ2) is 4.62. The van der Waals surface area contributed by atoms with E-state index in [-0.39, 0.29) is 5.69 Å². The monoisotopic (exact) mass is 284 g/mol. The first-order chi connectivity index (χ1) is 7.36. The molecule has 0 saturated heterocycles. The van der Waals surface area contributed by atoms with Gasteiger partial charge in [-0.15, -0.1) is 0 Å². The first-order valence-corrected chi connectivity index (χ1v) is 5.34. The van der Waals surface area contributed by atoms with E-state index in [4.69, 9.17) is 5.26 Å². The molecule has 0 radical (unpaired) electrons. The summed E-state index contributed by atoms with van der Waals surface area (Å²) in [6, 6.07) is 6.06. The van der Waals surface area contributed by atoms with Gasteiger partial charge in [0.05, 0.1) is 11.8 Å². The average Bonchev–Trinajstić information content (AvgIpc) is 2.23. The molecule has 1 aromatic carbocycles. The molecular weight excluding hydrogens is 275 g/mol. The maximum atomic E-state index is 13.3. The van der Waals surface area contributed by atoms with Crippen LogP contribution in [0.5, 0.6) is 0 Å². The van der Waals surface area contributed by atoms with Gasteiger partial charge in [0.25, 0.3) is 0 Å². The largest absolute Gasteiger partial charge is 0.322 e. The Bertz CT molecular complexity index is 466. The highest BCUT2D eigenvalue weighted by atomic mass is 79.9. The Morgan fingerprint density at radius 2 is 2.19 bits per heavy atom. The molecule has 0 unspecified atom stereocenters. The van der Waals surface area contributed by atoms with Gasteiger partial charge in [-0.05, 0) is 32.0 Å². The van der Waals surface area contributed by atoms with E-state index < -0.39 is 17.1 Å². The molecule has 1 aromatic rings. The zero-order valence-electron chi connectivity index (χ0n) is 8.84. The number of nitriles is 1. The number of nitrogens with one attached hydrogen (secondary N) is 1. The normalized spacial score (nSPS) is 10.7. The number of halogens is 2. The number of carbonyl (C=O) groups is 1. The Morgan fingerprint density at radius 1 is 1.56 bits per heavy atom. The molecule has 1 N–H and O–H groups in total. The molecule has 1 amide bonds. The van der Waals surface area contributed by atoms with Crippen molar-refractivity contribution in [3.05, 3.63) is 28.5 Å². The van der Waals surface area contributed by atoms with Crippen molar-refractivity contribution >= 4 is 27.5 Å². The number of benzene rings is 1. The molecule has 16 heavy (non-hydrogen) atoms. The molecule has 0 aliphatic carbocycles. The van der Waals surface area contributed by atoms with E-state index >= 15 is 0 Å². The maximum Gasteiger partial charge on any atom is 0.244 e. The molecular formula is C11H10BrFN2O. The molecule has 0 aromatic heterocycles. The lowest BCUT2D eigenvalue weighted by molar-refractivity contribution is -0.121. The minimum atomic E-state index is -1.19. The summed E-state index contributed by atoms with van der Waals surface area (Å²) in [5, 5.41) is 11.1. The number of hydrogen-bond donors (Lipinski definition) is 1. The van der Waals surface area contributed by atoms with Crippen LogP contribution in [0.25, 0.3) is 0 Å². The van der Waals surface area contributed by atoms with Crippen LogP contribution < -0.4 is 5.32 Å². The van der Waals surface area contributed by atoms with Gasteiger partial charge in [0.2, 0.25) is 5.91 Å². The molecule has 0 saturated carbocycles. The second-order valence-electron chi connectivity index (χ2n) is 3.82. The van der Waals surface area contributed by atoms with E-state index in [1.807, 2.05) is 6.07 Å². The predicted molar refractivity (Wildman–Crippen MR) is 62.1 cm³/mol. The van der Waals surface area contributed by atoms with Crippen molar-refractivity contribution in [1.82, 2.24) is 0 Å². The minimum Gasteiger partial charge on any atom is -0.322 e. The smallest absolute Gasteiger partial charge is 0.244 e. The van der Waals surface area contributed by atoms with E-state index in [2.05, 4.69) is 21.2 Å². The average molecular weight is 285 g/mol. The van der Waals surface area contributed by atoms with Gasteiger partial charge >= 0.3 is 0 Å². The molecule has 0 fully saturated rings. The van der Waals surface area contributed by atoms with E-state index in [1.54, 1.807) is 0 Å². The minimum absolute atomic E-state index is 0.0581. The Hall–Kier alpha value is -1.41. The molecule has 84 valence electrons. The van der Waals surface area contributed by atoms with Crippen LogP contribution in [0.4, 0.5) is 10.1 Å². The number of amides is 1. The van der Waals surface area contributed by atoms with Crippen LogP contribution in [-0.2, 0) is 4.79 Å². The molecule has 0 heterocycles. The third kappa shape index (κ3) is 2.80. The number of carbonyl (C=O) groups excluding carboxylic acids is 1. The van der Waals surface area contributed by atoms with Gasteiger partial charge in [-0.3, -0.25) is 4.79 Å². The Kier molecular flexibility index (Phi) is 3.66. The molecule has 5 heteroatoms. The van der Waals surface area contributed by atoms with E-state index in [1.165, 1.54) is 32.0 Å². The number of rotatable bonds is 2. The third-order valence-corrected chi connectivity index (χ3v) is 2.52. The molecule has 3 nitrogen and oxygen atoms in total. The fraction of sp³-hybridized carbons (Fsp3) is 0.273. The van der Waals surface area contributed by atoms with Crippen molar-refractivity contribution in [2.75, 3.05) is 5.32 Å². The Balaban J connectivity index is 2.94. The van der Waals surface area contributed by atoms with Crippen LogP contribution in [0.2, 0.25) is 0 Å². The van der Waals surface area contributed by atoms with Gasteiger partial charge in [-0.25, -0.2) is 4.39 Å². The summed E-state index contributed by atoms with van der Waals surface area (Å²) in [7, 11) is 0. The highest BCUT2D eigenvalue weighted by Crippen LogP contribution is 2.23. The van der Waals surface area contributed by atoms with E-state index in [0.29, 0.717) is 4.47 Å². The first-order valence-electron chi connectivity index (χ1n) is 4.54. The topological polar surface area (TPSA) is 52.9 Å².